The van der Waals surface area contributed by atoms with Crippen LogP contribution >= 0.6 is 0 Å². The standard InChI is InChI=1S/C25H29N3O3/c1-4-31-21-11-5-18(6-12-21)22-23(25(30)27(3)24(22)29)26-19-7-9-20(10-8-19)28-15-13-17(2)14-16-28/h5-12,17,26H,4,13-16H2,1-3H3. The van der Waals surface area contributed by atoms with Gasteiger partial charge in [-0.15, -0.1) is 0 Å². The second-order valence-electron chi connectivity index (χ2n) is 8.22. The topological polar surface area (TPSA) is 61.9 Å². The second kappa shape index (κ2) is 8.84. The molecule has 6 nitrogen and oxygen atoms in total. The van der Waals surface area contributed by atoms with E-state index in [9.17, 15) is 9.59 Å². The molecule has 2 aliphatic heterocycles. The number of piperidine rings is 1. The first kappa shape index (κ1) is 21.0. The van der Waals surface area contributed by atoms with E-state index in [1.807, 2.05) is 43.3 Å². The van der Waals surface area contributed by atoms with Crippen LogP contribution in [-0.2, 0) is 9.59 Å². The molecule has 0 spiro atoms. The summed E-state index contributed by atoms with van der Waals surface area (Å²) in [5, 5.41) is 3.19. The molecule has 0 bridgehead atoms. The Morgan fingerprint density at radius 3 is 2.23 bits per heavy atom. The van der Waals surface area contributed by atoms with Gasteiger partial charge in [0.25, 0.3) is 11.8 Å². The number of rotatable bonds is 6. The molecule has 0 atom stereocenters. The molecule has 31 heavy (non-hydrogen) atoms. The van der Waals surface area contributed by atoms with Crippen LogP contribution in [0.4, 0.5) is 11.4 Å². The number of hydrogen-bond acceptors (Lipinski definition) is 5. The first-order chi connectivity index (χ1) is 15.0. The Balaban J connectivity index is 1.58. The summed E-state index contributed by atoms with van der Waals surface area (Å²) < 4.78 is 5.48. The minimum atomic E-state index is -0.331. The van der Waals surface area contributed by atoms with Crippen LogP contribution in [0.2, 0.25) is 0 Å². The smallest absolute Gasteiger partial charge is 0.277 e. The molecule has 0 radical (unpaired) electrons. The van der Waals surface area contributed by atoms with Crippen LogP contribution in [-0.4, -0.2) is 43.5 Å². The van der Waals surface area contributed by atoms with Gasteiger partial charge < -0.3 is 15.0 Å². The number of anilines is 2. The summed E-state index contributed by atoms with van der Waals surface area (Å²) in [5.41, 5.74) is 3.33. The number of carbonyl (C=O) groups excluding carboxylic acids is 2. The minimum absolute atomic E-state index is 0.302. The van der Waals surface area contributed by atoms with Crippen molar-refractivity contribution in [1.29, 1.82) is 0 Å². The predicted molar refractivity (Wildman–Crippen MR) is 123 cm³/mol. The van der Waals surface area contributed by atoms with Gasteiger partial charge in [0, 0.05) is 31.5 Å². The Kier molecular flexibility index (Phi) is 5.98. The lowest BCUT2D eigenvalue weighted by molar-refractivity contribution is -0.135. The van der Waals surface area contributed by atoms with Crippen LogP contribution < -0.4 is 15.0 Å². The van der Waals surface area contributed by atoms with E-state index < -0.39 is 0 Å². The zero-order chi connectivity index (χ0) is 22.0. The first-order valence-electron chi connectivity index (χ1n) is 10.9. The Hall–Kier alpha value is -3.28. The maximum absolute atomic E-state index is 12.8. The summed E-state index contributed by atoms with van der Waals surface area (Å²) in [7, 11) is 1.51. The zero-order valence-corrected chi connectivity index (χ0v) is 18.4. The van der Waals surface area contributed by atoms with Crippen LogP contribution in [0.1, 0.15) is 32.3 Å². The lowest BCUT2D eigenvalue weighted by Crippen LogP contribution is -2.32. The van der Waals surface area contributed by atoms with Crippen molar-refractivity contribution in [3.05, 3.63) is 59.8 Å². The number of amides is 2. The van der Waals surface area contributed by atoms with E-state index in [2.05, 4.69) is 29.3 Å². The first-order valence-corrected chi connectivity index (χ1v) is 10.9. The normalized spacial score (nSPS) is 17.5. The van der Waals surface area contributed by atoms with Crippen molar-refractivity contribution in [3.8, 4) is 5.75 Å². The zero-order valence-electron chi connectivity index (χ0n) is 18.4. The van der Waals surface area contributed by atoms with E-state index in [1.54, 1.807) is 0 Å². The van der Waals surface area contributed by atoms with Gasteiger partial charge in [-0.05, 0) is 67.6 Å². The molecule has 2 aromatic rings. The molecule has 4 rings (SSSR count). The monoisotopic (exact) mass is 419 g/mol. The van der Waals surface area contributed by atoms with Crippen LogP contribution in [0.3, 0.4) is 0 Å². The van der Waals surface area contributed by atoms with Crippen LogP contribution in [0.25, 0.3) is 5.57 Å². The summed E-state index contributed by atoms with van der Waals surface area (Å²) in [4.78, 5) is 29.1. The third kappa shape index (κ3) is 4.29. The van der Waals surface area contributed by atoms with Gasteiger partial charge in [-0.1, -0.05) is 19.1 Å². The van der Waals surface area contributed by atoms with Crippen LogP contribution in [0, 0.1) is 5.92 Å². The molecule has 2 aliphatic rings. The van der Waals surface area contributed by atoms with Crippen molar-refractivity contribution in [1.82, 2.24) is 4.90 Å². The van der Waals surface area contributed by atoms with Gasteiger partial charge in [0.1, 0.15) is 11.4 Å². The molecule has 2 heterocycles. The summed E-state index contributed by atoms with van der Waals surface area (Å²) in [6.45, 7) is 6.93. The van der Waals surface area contributed by atoms with Gasteiger partial charge in [0.15, 0.2) is 0 Å². The summed E-state index contributed by atoms with van der Waals surface area (Å²) in [6.07, 6.45) is 2.42. The molecule has 162 valence electrons. The highest BCUT2D eigenvalue weighted by Gasteiger charge is 2.36. The highest BCUT2D eigenvalue weighted by molar-refractivity contribution is 6.36. The van der Waals surface area contributed by atoms with Crippen LogP contribution in [0.15, 0.2) is 54.2 Å². The van der Waals surface area contributed by atoms with E-state index in [4.69, 9.17) is 4.74 Å². The fraction of sp³-hybridized carbons (Fsp3) is 0.360. The summed E-state index contributed by atoms with van der Waals surface area (Å²) >= 11 is 0. The molecular weight excluding hydrogens is 390 g/mol. The Morgan fingerprint density at radius 1 is 0.968 bits per heavy atom. The van der Waals surface area contributed by atoms with Crippen molar-refractivity contribution in [2.45, 2.75) is 26.7 Å². The third-order valence-corrected chi connectivity index (χ3v) is 6.03. The predicted octanol–water partition coefficient (Wildman–Crippen LogP) is 4.14. The van der Waals surface area contributed by atoms with E-state index in [1.165, 1.54) is 25.6 Å². The van der Waals surface area contributed by atoms with Crippen molar-refractivity contribution in [2.75, 3.05) is 37.0 Å². The highest BCUT2D eigenvalue weighted by Crippen LogP contribution is 2.31. The number of imide groups is 1. The van der Waals surface area contributed by atoms with E-state index in [-0.39, 0.29) is 11.8 Å². The molecule has 1 N–H and O–H groups in total. The van der Waals surface area contributed by atoms with Gasteiger partial charge in [-0.25, -0.2) is 0 Å². The van der Waals surface area contributed by atoms with Gasteiger partial charge in [-0.3, -0.25) is 14.5 Å². The maximum Gasteiger partial charge on any atom is 0.277 e. The lowest BCUT2D eigenvalue weighted by Gasteiger charge is -2.32. The van der Waals surface area contributed by atoms with E-state index in [0.29, 0.717) is 23.4 Å². The molecule has 0 saturated carbocycles. The fourth-order valence-electron chi connectivity index (χ4n) is 4.08. The van der Waals surface area contributed by atoms with E-state index in [0.717, 1.165) is 35.3 Å². The average molecular weight is 420 g/mol. The van der Waals surface area contributed by atoms with Gasteiger partial charge >= 0.3 is 0 Å². The number of hydrogen-bond donors (Lipinski definition) is 1. The maximum atomic E-state index is 12.8. The number of likely N-dealkylation sites (N-methyl/N-ethyl adjacent to an activating group) is 1. The van der Waals surface area contributed by atoms with Crippen LogP contribution in [0.5, 0.6) is 5.75 Å². The molecule has 0 aliphatic carbocycles. The van der Waals surface area contributed by atoms with Crippen molar-refractivity contribution in [3.63, 3.8) is 0 Å². The van der Waals surface area contributed by atoms with Crippen molar-refractivity contribution in [2.24, 2.45) is 5.92 Å². The highest BCUT2D eigenvalue weighted by atomic mass is 16.5. The molecule has 1 fully saturated rings. The number of ether oxygens (including phenoxy) is 1. The summed E-state index contributed by atoms with van der Waals surface area (Å²) in [5.74, 6) is 0.876. The molecule has 2 amide bonds. The lowest BCUT2D eigenvalue weighted by atomic mass is 9.99. The van der Waals surface area contributed by atoms with Crippen molar-refractivity contribution >= 4 is 28.8 Å². The summed E-state index contributed by atoms with van der Waals surface area (Å²) in [6, 6.07) is 15.3. The Labute approximate surface area is 183 Å². The second-order valence-corrected chi connectivity index (χ2v) is 8.22. The fourth-order valence-corrected chi connectivity index (χ4v) is 4.08. The quantitative estimate of drug-likeness (QED) is 0.713. The van der Waals surface area contributed by atoms with Gasteiger partial charge in [-0.2, -0.15) is 0 Å². The third-order valence-electron chi connectivity index (χ3n) is 6.03. The van der Waals surface area contributed by atoms with E-state index >= 15 is 0 Å². The molecule has 6 heteroatoms. The number of nitrogens with one attached hydrogen (secondary N) is 1. The molecule has 1 saturated heterocycles. The largest absolute Gasteiger partial charge is 0.494 e. The molecule has 0 unspecified atom stereocenters. The number of carbonyl (C=O) groups is 2. The average Bonchev–Trinajstić information content (AvgIpc) is 2.99. The van der Waals surface area contributed by atoms with Gasteiger partial charge in [0.05, 0.1) is 12.2 Å². The Morgan fingerprint density at radius 2 is 1.61 bits per heavy atom. The minimum Gasteiger partial charge on any atom is -0.494 e. The molecule has 0 aromatic heterocycles. The molecule has 2 aromatic carbocycles. The van der Waals surface area contributed by atoms with Crippen molar-refractivity contribution < 1.29 is 14.3 Å². The SMILES string of the molecule is CCOc1ccc(C2=C(Nc3ccc(N4CCC(C)CC4)cc3)C(=O)N(C)C2=O)cc1. The molecular formula is C25H29N3O3. The van der Waals surface area contributed by atoms with Gasteiger partial charge in [0.2, 0.25) is 0 Å². The number of nitrogens with zero attached hydrogens (tertiary/aromatic N) is 2. The number of benzene rings is 2. The Bertz CT molecular complexity index is 988.